The average Bonchev–Trinajstić information content (AvgIpc) is 1.99. The second kappa shape index (κ2) is 5.16. The summed E-state index contributed by atoms with van der Waals surface area (Å²) in [6.45, 7) is 5.02. The van der Waals surface area contributed by atoms with Crippen molar-refractivity contribution in [3.8, 4) is 10.8 Å². The third-order valence-corrected chi connectivity index (χ3v) is 3.74. The largest absolute Gasteiger partial charge is 0.299 e. The van der Waals surface area contributed by atoms with Gasteiger partial charge in [0.05, 0.1) is 5.25 Å². The van der Waals surface area contributed by atoms with E-state index in [-0.39, 0.29) is 5.78 Å². The highest BCUT2D eigenvalue weighted by molar-refractivity contribution is 8.09. The zero-order chi connectivity index (χ0) is 10.5. The molecule has 0 aromatic rings. The van der Waals surface area contributed by atoms with E-state index in [4.69, 9.17) is 10.5 Å². The Morgan fingerprint density at radius 3 is 2.23 bits per heavy atom. The number of nitrogens with zero attached hydrogens (tertiary/aromatic N) is 2. The Hall–Kier alpha value is -0.650. The fourth-order valence-electron chi connectivity index (χ4n) is 0.938. The third-order valence-electron chi connectivity index (χ3n) is 1.48. The van der Waals surface area contributed by atoms with Gasteiger partial charge in [0.1, 0.15) is 16.6 Å². The molecule has 0 spiro atoms. The van der Waals surface area contributed by atoms with E-state index >= 15 is 0 Å². The maximum absolute atomic E-state index is 11.2. The number of Topliss-reactive ketones (excluding diaryl/α,β-unsaturated/α-hetero) is 1. The molecule has 0 aliphatic carbocycles. The normalized spacial score (nSPS) is 12.7. The van der Waals surface area contributed by atoms with Gasteiger partial charge in [0.15, 0.2) is 0 Å². The number of hydrogen-bond acceptors (Lipinski definition) is 5. The van der Waals surface area contributed by atoms with E-state index in [1.165, 1.54) is 6.92 Å². The van der Waals surface area contributed by atoms with Crippen molar-refractivity contribution in [2.24, 2.45) is 0 Å². The van der Waals surface area contributed by atoms with Crippen LogP contribution >= 0.6 is 23.5 Å². The van der Waals surface area contributed by atoms with Gasteiger partial charge < -0.3 is 0 Å². The van der Waals surface area contributed by atoms with Gasteiger partial charge in [-0.05, 0) is 44.3 Å². The van der Waals surface area contributed by atoms with Crippen molar-refractivity contribution >= 4 is 29.3 Å². The van der Waals surface area contributed by atoms with E-state index in [1.807, 2.05) is 10.8 Å². The van der Waals surface area contributed by atoms with E-state index in [0.717, 1.165) is 23.5 Å². The summed E-state index contributed by atoms with van der Waals surface area (Å²) in [5.74, 6) is -0.0701. The molecule has 0 bridgehead atoms. The van der Waals surface area contributed by atoms with Crippen molar-refractivity contribution in [3.05, 3.63) is 0 Å². The number of thioether (sulfide) groups is 2. The molecular formula is C8H10N2OS2. The molecule has 3 nitrogen and oxygen atoms in total. The van der Waals surface area contributed by atoms with E-state index in [2.05, 4.69) is 0 Å². The molecule has 0 aromatic heterocycles. The summed E-state index contributed by atoms with van der Waals surface area (Å²) in [4.78, 5) is 11.2. The molecule has 1 unspecified atom stereocenters. The van der Waals surface area contributed by atoms with Crippen LogP contribution in [0.25, 0.3) is 0 Å². The molecule has 5 heteroatoms. The van der Waals surface area contributed by atoms with Crippen LogP contribution in [0.15, 0.2) is 0 Å². The Bertz CT molecular complexity index is 275. The lowest BCUT2D eigenvalue weighted by Gasteiger charge is -2.26. The van der Waals surface area contributed by atoms with Crippen molar-refractivity contribution in [2.75, 3.05) is 0 Å². The van der Waals surface area contributed by atoms with Gasteiger partial charge in [0, 0.05) is 4.75 Å². The molecule has 0 amide bonds. The van der Waals surface area contributed by atoms with Gasteiger partial charge in [-0.3, -0.25) is 4.79 Å². The molecule has 0 radical (unpaired) electrons. The maximum atomic E-state index is 11.2. The first-order valence-electron chi connectivity index (χ1n) is 3.58. The van der Waals surface area contributed by atoms with Crippen LogP contribution in [0.1, 0.15) is 20.8 Å². The smallest absolute Gasteiger partial charge is 0.145 e. The molecule has 0 N–H and O–H groups in total. The lowest BCUT2D eigenvalue weighted by Crippen LogP contribution is -2.35. The van der Waals surface area contributed by atoms with Gasteiger partial charge in [-0.2, -0.15) is 10.5 Å². The zero-order valence-corrected chi connectivity index (χ0v) is 9.33. The summed E-state index contributed by atoms with van der Waals surface area (Å²) in [7, 11) is 0. The van der Waals surface area contributed by atoms with Crippen LogP contribution in [0.5, 0.6) is 0 Å². The second-order valence-corrected chi connectivity index (χ2v) is 5.33. The summed E-state index contributed by atoms with van der Waals surface area (Å²) in [6, 6.07) is 0. The molecule has 0 aliphatic heterocycles. The average molecular weight is 214 g/mol. The van der Waals surface area contributed by atoms with Crippen LogP contribution in [0.4, 0.5) is 0 Å². The SMILES string of the molecule is CC(=O)C(SC#N)C(C)(C)SC#N. The fourth-order valence-corrected chi connectivity index (χ4v) is 2.29. The molecule has 13 heavy (non-hydrogen) atoms. The lowest BCUT2D eigenvalue weighted by molar-refractivity contribution is -0.116. The van der Waals surface area contributed by atoms with Gasteiger partial charge in [-0.1, -0.05) is 0 Å². The van der Waals surface area contributed by atoms with E-state index in [0.29, 0.717) is 0 Å². The van der Waals surface area contributed by atoms with Crippen LogP contribution in [0.3, 0.4) is 0 Å². The predicted octanol–water partition coefficient (Wildman–Crippen LogP) is 2.15. The van der Waals surface area contributed by atoms with Crippen molar-refractivity contribution in [1.29, 1.82) is 10.5 Å². The van der Waals surface area contributed by atoms with Crippen LogP contribution in [-0.2, 0) is 4.79 Å². The lowest BCUT2D eigenvalue weighted by atomic mass is 10.1. The highest BCUT2D eigenvalue weighted by Crippen LogP contribution is 2.34. The first-order chi connectivity index (χ1) is 5.95. The Morgan fingerprint density at radius 1 is 1.38 bits per heavy atom. The first kappa shape index (κ1) is 12.3. The van der Waals surface area contributed by atoms with Crippen LogP contribution in [-0.4, -0.2) is 15.8 Å². The molecule has 0 fully saturated rings. The monoisotopic (exact) mass is 214 g/mol. The Kier molecular flexibility index (Phi) is 4.90. The van der Waals surface area contributed by atoms with Gasteiger partial charge >= 0.3 is 0 Å². The van der Waals surface area contributed by atoms with Gasteiger partial charge in [0.2, 0.25) is 0 Å². The van der Waals surface area contributed by atoms with E-state index in [1.54, 1.807) is 13.8 Å². The molecule has 0 heterocycles. The second-order valence-electron chi connectivity index (χ2n) is 3.00. The summed E-state index contributed by atoms with van der Waals surface area (Å²) < 4.78 is -0.513. The van der Waals surface area contributed by atoms with Crippen LogP contribution in [0.2, 0.25) is 0 Å². The van der Waals surface area contributed by atoms with Crippen LogP contribution < -0.4 is 0 Å². The van der Waals surface area contributed by atoms with Crippen molar-refractivity contribution < 1.29 is 4.79 Å². The van der Waals surface area contributed by atoms with Crippen LogP contribution in [0, 0.1) is 21.3 Å². The maximum Gasteiger partial charge on any atom is 0.145 e. The number of ketones is 1. The topological polar surface area (TPSA) is 64.7 Å². The number of carbonyl (C=O) groups is 1. The Labute approximate surface area is 86.5 Å². The number of carbonyl (C=O) groups excluding carboxylic acids is 1. The highest BCUT2D eigenvalue weighted by atomic mass is 32.2. The molecule has 0 rings (SSSR count). The fraction of sp³-hybridized carbons (Fsp3) is 0.625. The quantitative estimate of drug-likeness (QED) is 0.671. The van der Waals surface area contributed by atoms with E-state index in [9.17, 15) is 4.79 Å². The minimum Gasteiger partial charge on any atom is -0.299 e. The van der Waals surface area contributed by atoms with Gasteiger partial charge in [0.25, 0.3) is 0 Å². The van der Waals surface area contributed by atoms with Gasteiger partial charge in [-0.15, -0.1) is 0 Å². The number of rotatable bonds is 4. The number of nitriles is 2. The Morgan fingerprint density at radius 2 is 1.92 bits per heavy atom. The van der Waals surface area contributed by atoms with Crippen molar-refractivity contribution in [1.82, 2.24) is 0 Å². The highest BCUT2D eigenvalue weighted by Gasteiger charge is 2.34. The molecule has 70 valence electrons. The van der Waals surface area contributed by atoms with Crippen molar-refractivity contribution in [3.63, 3.8) is 0 Å². The van der Waals surface area contributed by atoms with Crippen molar-refractivity contribution in [2.45, 2.75) is 30.8 Å². The summed E-state index contributed by atoms with van der Waals surface area (Å²) in [5.41, 5.74) is 0. The zero-order valence-electron chi connectivity index (χ0n) is 7.70. The Balaban J connectivity index is 4.65. The molecule has 0 saturated carbocycles. The third kappa shape index (κ3) is 3.71. The number of hydrogen-bond donors (Lipinski definition) is 0. The predicted molar refractivity (Wildman–Crippen MR) is 55.0 cm³/mol. The summed E-state index contributed by atoms with van der Waals surface area (Å²) >= 11 is 1.94. The summed E-state index contributed by atoms with van der Waals surface area (Å²) in [6.07, 6.45) is 0. The molecule has 0 aromatic carbocycles. The van der Waals surface area contributed by atoms with E-state index < -0.39 is 10.00 Å². The molecule has 1 atom stereocenters. The standard InChI is InChI=1S/C8H10N2OS2/c1-6(11)7(12-4-9)8(2,3)13-5-10/h7H,1-3H3. The molecule has 0 aliphatic rings. The van der Waals surface area contributed by atoms with Gasteiger partial charge in [-0.25, -0.2) is 0 Å². The first-order valence-corrected chi connectivity index (χ1v) is 5.27. The minimum absolute atomic E-state index is 0.0701. The molecular weight excluding hydrogens is 204 g/mol. The molecule has 0 saturated heterocycles. The number of thiocyanates is 2. The summed E-state index contributed by atoms with van der Waals surface area (Å²) in [5, 5.41) is 20.4. The minimum atomic E-state index is -0.513.